The molecule has 0 amide bonds. The molecule has 39 heavy (non-hydrogen) atoms. The fraction of sp³-hybridized carbons (Fsp3) is 0.424. The Bertz CT molecular complexity index is 1300. The highest BCUT2D eigenvalue weighted by Gasteiger charge is 2.34. The highest BCUT2D eigenvalue weighted by atomic mass is 19.1. The molecule has 0 radical (unpaired) electrons. The molecule has 0 aromatic heterocycles. The second-order valence-electron chi connectivity index (χ2n) is 11.1. The van der Waals surface area contributed by atoms with E-state index >= 15 is 4.39 Å². The number of carboxylic acid groups (broad SMARTS) is 1. The van der Waals surface area contributed by atoms with Crippen LogP contribution in [0.3, 0.4) is 0 Å². The first-order valence-corrected chi connectivity index (χ1v) is 13.6. The molecule has 1 aliphatic rings. The molecule has 0 saturated heterocycles. The number of carbonyl (C=O) groups is 1. The van der Waals surface area contributed by atoms with Gasteiger partial charge < -0.3 is 19.3 Å². The van der Waals surface area contributed by atoms with Crippen molar-refractivity contribution in [3.05, 3.63) is 83.2 Å². The van der Waals surface area contributed by atoms with Gasteiger partial charge in [-0.2, -0.15) is 0 Å². The first-order valence-electron chi connectivity index (χ1n) is 13.6. The molecule has 0 bridgehead atoms. The second-order valence-corrected chi connectivity index (χ2v) is 11.1. The molecule has 0 spiro atoms. The number of hydrogen-bond acceptors (Lipinski definition) is 4. The standard InChI is InChI=1S/C33H39FO5/c1-6-33(2,3)32(38-5)29-16-21(10-14-26(29)28-18-24(37-4)13-15-30(28)34)20-39-25-9-7-8-23(17-25)27(19-31(35)36)22-11-12-22/h7-10,13-18,22,27,32H,6,11-12,19-20H2,1-5H3,(H,35,36)/t27-,32-/m0/s1. The molecule has 0 heterocycles. The molecule has 3 aromatic carbocycles. The van der Waals surface area contributed by atoms with Crippen molar-refractivity contribution in [2.45, 2.75) is 65.1 Å². The van der Waals surface area contributed by atoms with E-state index in [2.05, 4.69) is 20.8 Å². The zero-order valence-corrected chi connectivity index (χ0v) is 23.5. The van der Waals surface area contributed by atoms with Gasteiger partial charge in [0.2, 0.25) is 0 Å². The minimum atomic E-state index is -0.777. The summed E-state index contributed by atoms with van der Waals surface area (Å²) in [5.41, 5.74) is 3.84. The Morgan fingerprint density at radius 3 is 2.44 bits per heavy atom. The van der Waals surface area contributed by atoms with E-state index in [0.29, 0.717) is 29.6 Å². The largest absolute Gasteiger partial charge is 0.497 e. The maximum absolute atomic E-state index is 15.1. The summed E-state index contributed by atoms with van der Waals surface area (Å²) in [6.07, 6.45) is 2.87. The number of hydrogen-bond donors (Lipinski definition) is 1. The predicted octanol–water partition coefficient (Wildman–Crippen LogP) is 8.17. The SMILES string of the molecule is CCC(C)(C)[C@@H](OC)c1cc(COc2cccc([C@@H](CC(=O)O)C3CC3)c2)ccc1-c1cc(OC)ccc1F. The lowest BCUT2D eigenvalue weighted by Gasteiger charge is -2.34. The van der Waals surface area contributed by atoms with Crippen molar-refractivity contribution in [1.29, 1.82) is 0 Å². The van der Waals surface area contributed by atoms with E-state index < -0.39 is 5.97 Å². The summed E-state index contributed by atoms with van der Waals surface area (Å²) in [6.45, 7) is 6.73. The van der Waals surface area contributed by atoms with Crippen molar-refractivity contribution >= 4 is 5.97 Å². The van der Waals surface area contributed by atoms with Gasteiger partial charge in [0, 0.05) is 12.7 Å². The van der Waals surface area contributed by atoms with Crippen LogP contribution in [0.4, 0.5) is 4.39 Å². The van der Waals surface area contributed by atoms with Gasteiger partial charge in [-0.3, -0.25) is 4.79 Å². The van der Waals surface area contributed by atoms with Gasteiger partial charge in [0.1, 0.15) is 23.9 Å². The Kier molecular flexibility index (Phi) is 8.96. The fourth-order valence-electron chi connectivity index (χ4n) is 5.30. The van der Waals surface area contributed by atoms with Gasteiger partial charge >= 0.3 is 5.97 Å². The Morgan fingerprint density at radius 1 is 1.03 bits per heavy atom. The van der Waals surface area contributed by atoms with Crippen molar-refractivity contribution < 1.29 is 28.5 Å². The van der Waals surface area contributed by atoms with Crippen molar-refractivity contribution in [3.63, 3.8) is 0 Å². The van der Waals surface area contributed by atoms with Crippen molar-refractivity contribution in [2.24, 2.45) is 11.3 Å². The number of benzene rings is 3. The summed E-state index contributed by atoms with van der Waals surface area (Å²) in [5, 5.41) is 9.39. The van der Waals surface area contributed by atoms with Crippen LogP contribution in [0.15, 0.2) is 60.7 Å². The second kappa shape index (κ2) is 12.2. The Morgan fingerprint density at radius 2 is 1.79 bits per heavy atom. The van der Waals surface area contributed by atoms with Crippen LogP contribution >= 0.6 is 0 Å². The van der Waals surface area contributed by atoms with Crippen molar-refractivity contribution in [3.8, 4) is 22.6 Å². The average Bonchev–Trinajstić information content (AvgIpc) is 3.77. The quantitative estimate of drug-likeness (QED) is 0.240. The molecule has 0 aliphatic heterocycles. The molecule has 1 aliphatic carbocycles. The third-order valence-electron chi connectivity index (χ3n) is 8.00. The Labute approximate surface area is 230 Å². The van der Waals surface area contributed by atoms with Gasteiger partial charge in [-0.05, 0) is 95.2 Å². The van der Waals surface area contributed by atoms with Gasteiger partial charge in [-0.1, -0.05) is 45.0 Å². The Balaban J connectivity index is 1.66. The number of rotatable bonds is 13. The topological polar surface area (TPSA) is 65.0 Å². The number of ether oxygens (including phenoxy) is 3. The Hall–Kier alpha value is -3.38. The van der Waals surface area contributed by atoms with Gasteiger partial charge in [0.15, 0.2) is 0 Å². The van der Waals surface area contributed by atoms with Gasteiger partial charge in [-0.15, -0.1) is 0 Å². The monoisotopic (exact) mass is 534 g/mol. The summed E-state index contributed by atoms with van der Waals surface area (Å²) >= 11 is 0. The lowest BCUT2D eigenvalue weighted by molar-refractivity contribution is -0.137. The first kappa shape index (κ1) is 28.6. The highest BCUT2D eigenvalue weighted by Crippen LogP contribution is 2.46. The van der Waals surface area contributed by atoms with Crippen LogP contribution < -0.4 is 9.47 Å². The molecule has 208 valence electrons. The molecule has 3 aromatic rings. The van der Waals surface area contributed by atoms with Gasteiger partial charge in [0.05, 0.1) is 19.6 Å². The average molecular weight is 535 g/mol. The van der Waals surface area contributed by atoms with E-state index in [-0.39, 0.29) is 29.7 Å². The number of aliphatic carboxylic acids is 1. The predicted molar refractivity (Wildman–Crippen MR) is 151 cm³/mol. The molecule has 1 saturated carbocycles. The first-order chi connectivity index (χ1) is 18.7. The van der Waals surface area contributed by atoms with Crippen LogP contribution in [0.5, 0.6) is 11.5 Å². The van der Waals surface area contributed by atoms with Crippen LogP contribution in [0.25, 0.3) is 11.1 Å². The van der Waals surface area contributed by atoms with E-state index in [9.17, 15) is 9.90 Å². The fourth-order valence-corrected chi connectivity index (χ4v) is 5.30. The molecule has 4 rings (SSSR count). The van der Waals surface area contributed by atoms with E-state index in [1.165, 1.54) is 6.07 Å². The normalized spacial score (nSPS) is 15.0. The van der Waals surface area contributed by atoms with Crippen LogP contribution in [0.2, 0.25) is 0 Å². The van der Waals surface area contributed by atoms with Gasteiger partial charge in [0.25, 0.3) is 0 Å². The van der Waals surface area contributed by atoms with Crippen LogP contribution in [0.1, 0.15) is 75.2 Å². The van der Waals surface area contributed by atoms with E-state index in [1.54, 1.807) is 26.4 Å². The third kappa shape index (κ3) is 6.80. The maximum atomic E-state index is 15.1. The number of halogens is 1. The summed E-state index contributed by atoms with van der Waals surface area (Å²) in [6, 6.07) is 18.4. The molecule has 1 N–H and O–H groups in total. The van der Waals surface area contributed by atoms with E-state index in [1.807, 2.05) is 42.5 Å². The molecule has 2 atom stereocenters. The summed E-state index contributed by atoms with van der Waals surface area (Å²) < 4.78 is 32.7. The molecular weight excluding hydrogens is 495 g/mol. The van der Waals surface area contributed by atoms with Crippen LogP contribution in [0, 0.1) is 17.2 Å². The van der Waals surface area contributed by atoms with Gasteiger partial charge in [-0.25, -0.2) is 4.39 Å². The smallest absolute Gasteiger partial charge is 0.303 e. The zero-order chi connectivity index (χ0) is 28.2. The molecule has 0 unspecified atom stereocenters. The summed E-state index contributed by atoms with van der Waals surface area (Å²) in [7, 11) is 3.26. The van der Waals surface area contributed by atoms with Crippen LogP contribution in [-0.2, 0) is 16.1 Å². The van der Waals surface area contributed by atoms with E-state index in [4.69, 9.17) is 14.2 Å². The number of methoxy groups -OCH3 is 2. The van der Waals surface area contributed by atoms with Crippen molar-refractivity contribution in [2.75, 3.05) is 14.2 Å². The molecule has 1 fully saturated rings. The van der Waals surface area contributed by atoms with Crippen molar-refractivity contribution in [1.82, 2.24) is 0 Å². The van der Waals surface area contributed by atoms with Crippen LogP contribution in [-0.4, -0.2) is 25.3 Å². The zero-order valence-electron chi connectivity index (χ0n) is 23.5. The molecule has 5 nitrogen and oxygen atoms in total. The molecular formula is C33H39FO5. The lowest BCUT2D eigenvalue weighted by Crippen LogP contribution is -2.24. The minimum absolute atomic E-state index is 0.00781. The maximum Gasteiger partial charge on any atom is 0.303 e. The minimum Gasteiger partial charge on any atom is -0.497 e. The highest BCUT2D eigenvalue weighted by molar-refractivity contribution is 5.71. The molecule has 6 heteroatoms. The van der Waals surface area contributed by atoms with E-state index in [0.717, 1.165) is 41.5 Å². The summed E-state index contributed by atoms with van der Waals surface area (Å²) in [4.78, 5) is 11.4. The summed E-state index contributed by atoms with van der Waals surface area (Å²) in [5.74, 6) is 0.616. The lowest BCUT2D eigenvalue weighted by atomic mass is 9.77. The third-order valence-corrected chi connectivity index (χ3v) is 8.00. The number of carboxylic acids is 1.